The van der Waals surface area contributed by atoms with E-state index >= 15 is 0 Å². The minimum atomic E-state index is -3.53. The number of hydrogen-bond acceptors (Lipinski definition) is 4. The molecule has 0 aromatic carbocycles. The summed E-state index contributed by atoms with van der Waals surface area (Å²) in [6.07, 6.45) is 6.93. The SMILES string of the molecule is CCNc1ccncc1S(=O)(=O)NC1(C)CCCC1. The molecule has 1 aliphatic rings. The second-order valence-corrected chi connectivity index (χ2v) is 6.93. The summed E-state index contributed by atoms with van der Waals surface area (Å²) in [4.78, 5) is 4.16. The molecule has 0 radical (unpaired) electrons. The van der Waals surface area contributed by atoms with Crippen LogP contribution in [-0.4, -0.2) is 25.5 Å². The molecule has 5 nitrogen and oxygen atoms in total. The lowest BCUT2D eigenvalue weighted by molar-refractivity contribution is 0.427. The van der Waals surface area contributed by atoms with Crippen LogP contribution in [-0.2, 0) is 10.0 Å². The highest BCUT2D eigenvalue weighted by molar-refractivity contribution is 7.89. The Morgan fingerprint density at radius 2 is 2.05 bits per heavy atom. The van der Waals surface area contributed by atoms with Crippen LogP contribution >= 0.6 is 0 Å². The van der Waals surface area contributed by atoms with Crippen molar-refractivity contribution in [3.05, 3.63) is 18.5 Å². The van der Waals surface area contributed by atoms with E-state index in [0.29, 0.717) is 12.2 Å². The highest BCUT2D eigenvalue weighted by Crippen LogP contribution is 2.31. The Morgan fingerprint density at radius 3 is 2.68 bits per heavy atom. The number of sulfonamides is 1. The fourth-order valence-corrected chi connectivity index (χ4v) is 4.16. The van der Waals surface area contributed by atoms with Gasteiger partial charge < -0.3 is 5.32 Å². The van der Waals surface area contributed by atoms with Crippen molar-refractivity contribution in [2.75, 3.05) is 11.9 Å². The lowest BCUT2D eigenvalue weighted by Crippen LogP contribution is -2.43. The second kappa shape index (κ2) is 5.46. The smallest absolute Gasteiger partial charge is 0.244 e. The number of aromatic nitrogens is 1. The summed E-state index contributed by atoms with van der Waals surface area (Å²) in [7, 11) is -3.53. The normalized spacial score (nSPS) is 18.4. The van der Waals surface area contributed by atoms with E-state index in [1.54, 1.807) is 12.3 Å². The molecule has 0 unspecified atom stereocenters. The van der Waals surface area contributed by atoms with Gasteiger partial charge in [-0.15, -0.1) is 0 Å². The highest BCUT2D eigenvalue weighted by Gasteiger charge is 2.34. The molecule has 0 spiro atoms. The van der Waals surface area contributed by atoms with Crippen LogP contribution in [0.25, 0.3) is 0 Å². The van der Waals surface area contributed by atoms with Gasteiger partial charge >= 0.3 is 0 Å². The summed E-state index contributed by atoms with van der Waals surface area (Å²) < 4.78 is 27.8. The molecule has 0 bridgehead atoms. The Bertz CT molecular complexity index is 537. The van der Waals surface area contributed by atoms with E-state index in [9.17, 15) is 8.42 Å². The fraction of sp³-hybridized carbons (Fsp3) is 0.615. The van der Waals surface area contributed by atoms with Gasteiger partial charge in [-0.2, -0.15) is 0 Å². The van der Waals surface area contributed by atoms with Crippen LogP contribution in [0.2, 0.25) is 0 Å². The van der Waals surface area contributed by atoms with Crippen molar-refractivity contribution in [2.24, 2.45) is 0 Å². The third-order valence-electron chi connectivity index (χ3n) is 3.53. The summed E-state index contributed by atoms with van der Waals surface area (Å²) in [5.41, 5.74) is 0.282. The molecule has 1 aliphatic carbocycles. The van der Waals surface area contributed by atoms with Crippen molar-refractivity contribution in [3.63, 3.8) is 0 Å². The van der Waals surface area contributed by atoms with E-state index < -0.39 is 10.0 Å². The minimum absolute atomic E-state index is 0.227. The molecule has 6 heteroatoms. The Balaban J connectivity index is 2.29. The maximum atomic E-state index is 12.5. The molecule has 106 valence electrons. The molecular weight excluding hydrogens is 262 g/mol. The molecule has 1 heterocycles. The van der Waals surface area contributed by atoms with Crippen molar-refractivity contribution in [3.8, 4) is 0 Å². The van der Waals surface area contributed by atoms with Gasteiger partial charge in [0.15, 0.2) is 0 Å². The molecule has 1 fully saturated rings. The Kier molecular flexibility index (Phi) is 4.10. The number of anilines is 1. The van der Waals surface area contributed by atoms with Gasteiger partial charge in [-0.25, -0.2) is 13.1 Å². The van der Waals surface area contributed by atoms with Gasteiger partial charge in [-0.05, 0) is 32.8 Å². The predicted octanol–water partition coefficient (Wildman–Crippen LogP) is 2.12. The molecule has 1 saturated carbocycles. The summed E-state index contributed by atoms with van der Waals surface area (Å²) in [5.74, 6) is 0. The van der Waals surface area contributed by atoms with Crippen LogP contribution in [0.5, 0.6) is 0 Å². The standard InChI is InChI=1S/C13H21N3O2S/c1-3-15-11-6-9-14-10-12(11)19(17,18)16-13(2)7-4-5-8-13/h6,9-10,16H,3-5,7-8H2,1-2H3,(H,14,15). The lowest BCUT2D eigenvalue weighted by atomic mass is 10.0. The van der Waals surface area contributed by atoms with Crippen LogP contribution in [0.15, 0.2) is 23.4 Å². The van der Waals surface area contributed by atoms with Crippen LogP contribution in [0.1, 0.15) is 39.5 Å². The maximum absolute atomic E-state index is 12.5. The van der Waals surface area contributed by atoms with Gasteiger partial charge in [0, 0.05) is 24.5 Å². The first-order valence-corrected chi connectivity index (χ1v) is 8.17. The number of nitrogens with zero attached hydrogens (tertiary/aromatic N) is 1. The van der Waals surface area contributed by atoms with Gasteiger partial charge in [0.2, 0.25) is 10.0 Å². The van der Waals surface area contributed by atoms with Crippen molar-refractivity contribution in [1.29, 1.82) is 0 Å². The monoisotopic (exact) mass is 283 g/mol. The zero-order valence-corrected chi connectivity index (χ0v) is 12.3. The first kappa shape index (κ1) is 14.3. The first-order valence-electron chi connectivity index (χ1n) is 6.69. The largest absolute Gasteiger partial charge is 0.384 e. The summed E-state index contributed by atoms with van der Waals surface area (Å²) >= 11 is 0. The molecule has 0 amide bonds. The van der Waals surface area contributed by atoms with Crippen LogP contribution in [0.4, 0.5) is 5.69 Å². The van der Waals surface area contributed by atoms with E-state index in [1.165, 1.54) is 6.20 Å². The van der Waals surface area contributed by atoms with Gasteiger partial charge in [0.05, 0.1) is 5.69 Å². The van der Waals surface area contributed by atoms with Crippen LogP contribution in [0, 0.1) is 0 Å². The second-order valence-electron chi connectivity index (χ2n) is 5.28. The maximum Gasteiger partial charge on any atom is 0.244 e. The predicted molar refractivity (Wildman–Crippen MR) is 75.6 cm³/mol. The number of hydrogen-bond donors (Lipinski definition) is 2. The molecular formula is C13H21N3O2S. The van der Waals surface area contributed by atoms with Crippen LogP contribution in [0.3, 0.4) is 0 Å². The molecule has 0 saturated heterocycles. The van der Waals surface area contributed by atoms with E-state index in [0.717, 1.165) is 25.7 Å². The summed E-state index contributed by atoms with van der Waals surface area (Å²) in [6.45, 7) is 4.58. The molecule has 0 atom stereocenters. The number of pyridine rings is 1. The molecule has 0 aliphatic heterocycles. The van der Waals surface area contributed by atoms with Gasteiger partial charge in [-0.1, -0.05) is 12.8 Å². The Hall–Kier alpha value is -1.14. The zero-order valence-electron chi connectivity index (χ0n) is 11.4. The fourth-order valence-electron chi connectivity index (χ4n) is 2.57. The Morgan fingerprint density at radius 1 is 1.37 bits per heavy atom. The Labute approximate surface area is 114 Å². The van der Waals surface area contributed by atoms with Crippen molar-refractivity contribution in [1.82, 2.24) is 9.71 Å². The molecule has 1 aromatic heterocycles. The minimum Gasteiger partial charge on any atom is -0.384 e. The van der Waals surface area contributed by atoms with E-state index in [2.05, 4.69) is 15.0 Å². The van der Waals surface area contributed by atoms with Crippen molar-refractivity contribution in [2.45, 2.75) is 50.0 Å². The van der Waals surface area contributed by atoms with Crippen molar-refractivity contribution < 1.29 is 8.42 Å². The van der Waals surface area contributed by atoms with E-state index in [-0.39, 0.29) is 10.4 Å². The third-order valence-corrected chi connectivity index (χ3v) is 5.20. The average Bonchev–Trinajstić information content (AvgIpc) is 2.76. The van der Waals surface area contributed by atoms with Crippen molar-refractivity contribution >= 4 is 15.7 Å². The summed E-state index contributed by atoms with van der Waals surface area (Å²) in [6, 6.07) is 1.69. The van der Waals surface area contributed by atoms with Gasteiger partial charge in [0.1, 0.15) is 4.90 Å². The molecule has 2 N–H and O–H groups in total. The number of rotatable bonds is 5. The van der Waals surface area contributed by atoms with E-state index in [1.807, 2.05) is 13.8 Å². The first-order chi connectivity index (χ1) is 8.97. The van der Waals surface area contributed by atoms with Crippen LogP contribution < -0.4 is 10.0 Å². The highest BCUT2D eigenvalue weighted by atomic mass is 32.2. The zero-order chi connectivity index (χ0) is 13.9. The average molecular weight is 283 g/mol. The molecule has 2 rings (SSSR count). The van der Waals surface area contributed by atoms with E-state index in [4.69, 9.17) is 0 Å². The molecule has 19 heavy (non-hydrogen) atoms. The topological polar surface area (TPSA) is 71.1 Å². The molecule has 1 aromatic rings. The van der Waals surface area contributed by atoms with Gasteiger partial charge in [-0.3, -0.25) is 4.98 Å². The quantitative estimate of drug-likeness (QED) is 0.868. The van der Waals surface area contributed by atoms with Gasteiger partial charge in [0.25, 0.3) is 0 Å². The lowest BCUT2D eigenvalue weighted by Gasteiger charge is -2.25. The number of nitrogens with one attached hydrogen (secondary N) is 2. The summed E-state index contributed by atoms with van der Waals surface area (Å²) in [5, 5.41) is 3.06. The third kappa shape index (κ3) is 3.25.